The van der Waals surface area contributed by atoms with Gasteiger partial charge in [0.05, 0.1) is 11.7 Å². The Morgan fingerprint density at radius 3 is 2.47 bits per heavy atom. The van der Waals surface area contributed by atoms with E-state index < -0.39 is 11.7 Å². The van der Waals surface area contributed by atoms with Crippen LogP contribution in [0.4, 0.5) is 13.2 Å². The topological polar surface area (TPSA) is 49.3 Å². The zero-order chi connectivity index (χ0) is 27.0. The minimum absolute atomic E-state index is 0. The first-order chi connectivity index (χ1) is 17.4. The largest absolute Gasteiger partial charge is 0.416 e. The van der Waals surface area contributed by atoms with E-state index in [2.05, 4.69) is 25.2 Å². The highest BCUT2D eigenvalue weighted by Gasteiger charge is 2.58. The molecule has 0 amide bonds. The molecule has 0 radical (unpaired) electrons. The third kappa shape index (κ3) is 6.18. The van der Waals surface area contributed by atoms with Gasteiger partial charge in [-0.25, -0.2) is 0 Å². The smallest absolute Gasteiger partial charge is 0.393 e. The number of ketones is 1. The van der Waals surface area contributed by atoms with Gasteiger partial charge in [-0.3, -0.25) is 4.79 Å². The van der Waals surface area contributed by atoms with Gasteiger partial charge in [-0.05, 0) is 99.6 Å². The number of likely N-dealkylation sites (N-methyl/N-ethyl adjacent to an activating group) is 1. The summed E-state index contributed by atoms with van der Waals surface area (Å²) < 4.78 is 37.3. The van der Waals surface area contributed by atoms with E-state index in [0.29, 0.717) is 35.0 Å². The van der Waals surface area contributed by atoms with E-state index in [0.717, 1.165) is 63.5 Å². The Hall–Kier alpha value is -1.37. The first-order valence-electron chi connectivity index (χ1n) is 14.2. The van der Waals surface area contributed by atoms with E-state index in [1.54, 1.807) is 6.07 Å². The molecule has 1 aromatic carbocycles. The molecular formula is C31H45ClF3NO2. The maximum atomic E-state index is 12.4. The molecule has 0 bridgehead atoms. The summed E-state index contributed by atoms with van der Waals surface area (Å²) in [6.45, 7) is 9.45. The van der Waals surface area contributed by atoms with Crippen molar-refractivity contribution in [3.8, 4) is 0 Å². The Kier molecular flexibility index (Phi) is 9.85. The second kappa shape index (κ2) is 12.0. The van der Waals surface area contributed by atoms with Crippen molar-refractivity contribution in [1.29, 1.82) is 0 Å². The fourth-order valence-corrected chi connectivity index (χ4v) is 8.06. The lowest BCUT2D eigenvalue weighted by molar-refractivity contribution is -0.137. The van der Waals surface area contributed by atoms with Gasteiger partial charge in [0.1, 0.15) is 5.78 Å². The van der Waals surface area contributed by atoms with E-state index in [4.69, 9.17) is 0 Å². The van der Waals surface area contributed by atoms with Crippen molar-refractivity contribution in [2.75, 3.05) is 6.54 Å². The van der Waals surface area contributed by atoms with E-state index in [1.807, 2.05) is 13.8 Å². The Morgan fingerprint density at radius 2 is 1.79 bits per heavy atom. The standard InChI is InChI=1S/C19H28O2.C12H16F3N.ClH/c1-18-9-7-13(20)11-12(18)3-4-14-15-5-6-17(21)19(15,2)10-8-16(14)18;1-3-16-9(2)7-10-5-4-6-11(8-10)12(13,14)15;/h3,13-16,20H,4-11H2,1-2H3;4-6,8-9,16H,3,7H2,1-2H3;1H/t13-,14-,15-,16-,18-,19-;;/m0../s1. The molecule has 3 saturated carbocycles. The number of hydrogen-bond acceptors (Lipinski definition) is 3. The molecule has 4 aliphatic carbocycles. The van der Waals surface area contributed by atoms with Crippen molar-refractivity contribution in [3.63, 3.8) is 0 Å². The summed E-state index contributed by atoms with van der Waals surface area (Å²) in [4.78, 5) is 12.4. The van der Waals surface area contributed by atoms with Crippen LogP contribution < -0.4 is 5.32 Å². The van der Waals surface area contributed by atoms with Crippen LogP contribution >= 0.6 is 12.4 Å². The molecule has 38 heavy (non-hydrogen) atoms. The number of hydrogen-bond donors (Lipinski definition) is 2. The molecule has 0 aliphatic heterocycles. The van der Waals surface area contributed by atoms with Crippen LogP contribution in [0.1, 0.15) is 90.2 Å². The number of fused-ring (bicyclic) bond motifs is 5. The highest BCUT2D eigenvalue weighted by atomic mass is 35.5. The van der Waals surface area contributed by atoms with Crippen LogP contribution in [0.3, 0.4) is 0 Å². The lowest BCUT2D eigenvalue weighted by Gasteiger charge is -2.56. The summed E-state index contributed by atoms with van der Waals surface area (Å²) in [5, 5.41) is 13.2. The van der Waals surface area contributed by atoms with E-state index in [-0.39, 0.29) is 30.0 Å². The normalized spacial score (nSPS) is 34.9. The number of carbonyl (C=O) groups is 1. The Morgan fingerprint density at radius 1 is 1.11 bits per heavy atom. The molecule has 2 N–H and O–H groups in total. The number of alkyl halides is 3. The lowest BCUT2D eigenvalue weighted by Crippen LogP contribution is -2.50. The minimum atomic E-state index is -4.25. The van der Waals surface area contributed by atoms with Crippen molar-refractivity contribution in [2.45, 2.75) is 104 Å². The second-order valence-corrected chi connectivity index (χ2v) is 12.4. The molecule has 1 aromatic rings. The summed E-state index contributed by atoms with van der Waals surface area (Å²) in [5.41, 5.74) is 1.94. The predicted molar refractivity (Wildman–Crippen MR) is 148 cm³/mol. The van der Waals surface area contributed by atoms with Crippen LogP contribution in [0.15, 0.2) is 35.9 Å². The number of nitrogens with one attached hydrogen (secondary N) is 1. The van der Waals surface area contributed by atoms with Crippen molar-refractivity contribution in [1.82, 2.24) is 5.32 Å². The number of allylic oxidation sites excluding steroid dienone is 1. The monoisotopic (exact) mass is 555 g/mol. The summed E-state index contributed by atoms with van der Waals surface area (Å²) >= 11 is 0. The van der Waals surface area contributed by atoms with Crippen LogP contribution in [-0.2, 0) is 17.4 Å². The molecule has 7 heteroatoms. The SMILES string of the molecule is CCNC(C)Cc1cccc(C(F)(F)F)c1.C[C@]12CC[C@H](O)CC1=CC[C@@H]1[C@@H]2CC[C@]2(C)C(=O)CC[C@@H]12.Cl. The highest BCUT2D eigenvalue weighted by Crippen LogP contribution is 2.63. The molecule has 1 unspecified atom stereocenters. The summed E-state index contributed by atoms with van der Waals surface area (Å²) in [7, 11) is 0. The summed E-state index contributed by atoms with van der Waals surface area (Å²) in [6, 6.07) is 5.68. The van der Waals surface area contributed by atoms with Crippen LogP contribution in [0.25, 0.3) is 0 Å². The molecule has 4 aliphatic rings. The zero-order valence-electron chi connectivity index (χ0n) is 23.2. The quantitative estimate of drug-likeness (QED) is 0.377. The van der Waals surface area contributed by atoms with E-state index in [9.17, 15) is 23.1 Å². The Labute approximate surface area is 232 Å². The Bertz CT molecular complexity index is 1010. The fourth-order valence-electron chi connectivity index (χ4n) is 8.06. The molecule has 5 rings (SSSR count). The van der Waals surface area contributed by atoms with Crippen LogP contribution in [0.2, 0.25) is 0 Å². The maximum absolute atomic E-state index is 12.4. The lowest BCUT2D eigenvalue weighted by atomic mass is 9.48. The van der Waals surface area contributed by atoms with E-state index >= 15 is 0 Å². The molecular weight excluding hydrogens is 511 g/mol. The van der Waals surface area contributed by atoms with Gasteiger partial charge in [-0.2, -0.15) is 13.2 Å². The van der Waals surface area contributed by atoms with Crippen LogP contribution in [-0.4, -0.2) is 29.6 Å². The third-order valence-corrected chi connectivity index (χ3v) is 10.1. The molecule has 0 spiro atoms. The number of halogens is 4. The van der Waals surface area contributed by atoms with Gasteiger partial charge in [-0.1, -0.05) is 50.6 Å². The highest BCUT2D eigenvalue weighted by molar-refractivity contribution is 5.87. The molecule has 7 atom stereocenters. The number of aliphatic hydroxyl groups is 1. The van der Waals surface area contributed by atoms with Crippen molar-refractivity contribution >= 4 is 18.2 Å². The number of carbonyl (C=O) groups excluding carboxylic acids is 1. The summed E-state index contributed by atoms with van der Waals surface area (Å²) in [6.07, 6.45) is 7.06. The van der Waals surface area contributed by atoms with Gasteiger partial charge < -0.3 is 10.4 Å². The number of benzene rings is 1. The third-order valence-electron chi connectivity index (χ3n) is 10.1. The fraction of sp³-hybridized carbons (Fsp3) is 0.710. The van der Waals surface area contributed by atoms with Crippen molar-refractivity contribution in [3.05, 3.63) is 47.0 Å². The summed E-state index contributed by atoms with van der Waals surface area (Å²) in [5.74, 6) is 2.60. The van der Waals surface area contributed by atoms with Gasteiger partial charge >= 0.3 is 6.18 Å². The second-order valence-electron chi connectivity index (χ2n) is 12.4. The first-order valence-corrected chi connectivity index (χ1v) is 14.2. The van der Waals surface area contributed by atoms with Crippen molar-refractivity contribution < 1.29 is 23.1 Å². The van der Waals surface area contributed by atoms with Crippen LogP contribution in [0, 0.1) is 28.6 Å². The number of Topliss-reactive ketones (excluding diaryl/α,β-unsaturated/α-hetero) is 1. The molecule has 3 nitrogen and oxygen atoms in total. The first kappa shape index (κ1) is 31.2. The van der Waals surface area contributed by atoms with Gasteiger partial charge in [-0.15, -0.1) is 12.4 Å². The Balaban J connectivity index is 0.000000214. The zero-order valence-corrected chi connectivity index (χ0v) is 24.1. The maximum Gasteiger partial charge on any atom is 0.416 e. The molecule has 0 heterocycles. The van der Waals surface area contributed by atoms with E-state index in [1.165, 1.54) is 24.1 Å². The van der Waals surface area contributed by atoms with Gasteiger partial charge in [0, 0.05) is 17.9 Å². The number of aliphatic hydroxyl groups excluding tert-OH is 1. The number of rotatable bonds is 4. The predicted octanol–water partition coefficient (Wildman–Crippen LogP) is 7.55. The van der Waals surface area contributed by atoms with Crippen molar-refractivity contribution in [2.24, 2.45) is 28.6 Å². The van der Waals surface area contributed by atoms with Gasteiger partial charge in [0.2, 0.25) is 0 Å². The molecule has 3 fully saturated rings. The average molecular weight is 556 g/mol. The molecule has 0 aromatic heterocycles. The average Bonchev–Trinajstić information content (AvgIpc) is 3.14. The molecule has 0 saturated heterocycles. The van der Waals surface area contributed by atoms with Gasteiger partial charge in [0.15, 0.2) is 0 Å². The van der Waals surface area contributed by atoms with Crippen LogP contribution in [0.5, 0.6) is 0 Å². The molecule has 214 valence electrons. The minimum Gasteiger partial charge on any atom is -0.393 e. The van der Waals surface area contributed by atoms with Gasteiger partial charge in [0.25, 0.3) is 0 Å².